The molecule has 16 heavy (non-hydrogen) atoms. The zero-order valence-electron chi connectivity index (χ0n) is 8.61. The number of hydrogen-bond acceptors (Lipinski definition) is 2. The lowest BCUT2D eigenvalue weighted by atomic mass is 10.3. The molecule has 0 aliphatic heterocycles. The Morgan fingerprint density at radius 3 is 2.56 bits per heavy atom. The van der Waals surface area contributed by atoms with Crippen molar-refractivity contribution in [1.29, 1.82) is 0 Å². The highest BCUT2D eigenvalue weighted by atomic mass is 79.9. The van der Waals surface area contributed by atoms with Gasteiger partial charge in [0.25, 0.3) is 0 Å². The summed E-state index contributed by atoms with van der Waals surface area (Å²) in [5, 5.41) is 3.01. The summed E-state index contributed by atoms with van der Waals surface area (Å²) in [6.45, 7) is 1.15. The Morgan fingerprint density at radius 2 is 2.00 bits per heavy atom. The summed E-state index contributed by atoms with van der Waals surface area (Å²) in [6, 6.07) is 4.00. The molecule has 92 valence electrons. The minimum Gasteiger partial charge on any atom is -0.316 e. The number of nitrogens with one attached hydrogen (secondary N) is 1. The van der Waals surface area contributed by atoms with Crippen LogP contribution >= 0.6 is 27.3 Å². The fourth-order valence-electron chi connectivity index (χ4n) is 1.24. The van der Waals surface area contributed by atoms with Crippen molar-refractivity contribution in [1.82, 2.24) is 5.32 Å². The largest absolute Gasteiger partial charge is 0.389 e. The molecule has 0 saturated carbocycles. The molecule has 0 fully saturated rings. The van der Waals surface area contributed by atoms with Gasteiger partial charge in [-0.15, -0.1) is 11.3 Å². The third kappa shape index (κ3) is 6.50. The van der Waals surface area contributed by atoms with Crippen LogP contribution in [0.3, 0.4) is 0 Å². The second kappa shape index (κ2) is 6.61. The maximum atomic E-state index is 11.8. The van der Waals surface area contributed by atoms with Crippen LogP contribution < -0.4 is 5.32 Å². The molecule has 1 aromatic rings. The quantitative estimate of drug-likeness (QED) is 0.783. The molecule has 1 N–H and O–H groups in total. The fraction of sp³-hybridized carbons (Fsp3) is 0.600. The summed E-state index contributed by atoms with van der Waals surface area (Å²) in [4.78, 5) is 1.23. The fourth-order valence-corrected chi connectivity index (χ4v) is 2.72. The van der Waals surface area contributed by atoms with Gasteiger partial charge in [-0.05, 0) is 54.0 Å². The average molecular weight is 316 g/mol. The summed E-state index contributed by atoms with van der Waals surface area (Å²) in [5.74, 6) is 0. The predicted octanol–water partition coefficient (Wildman–Crippen LogP) is 3.99. The summed E-state index contributed by atoms with van der Waals surface area (Å²) < 4.78 is 36.5. The van der Waals surface area contributed by atoms with E-state index in [0.29, 0.717) is 6.54 Å². The first-order valence-electron chi connectivity index (χ1n) is 4.99. The van der Waals surface area contributed by atoms with Crippen molar-refractivity contribution < 1.29 is 13.2 Å². The SMILES string of the molecule is FC(F)(F)CCCNCCc1ccc(Br)s1. The summed E-state index contributed by atoms with van der Waals surface area (Å²) in [6.07, 6.45) is -3.72. The van der Waals surface area contributed by atoms with Crippen LogP contribution in [-0.4, -0.2) is 19.3 Å². The molecule has 0 aromatic carbocycles. The Morgan fingerprint density at radius 1 is 1.25 bits per heavy atom. The molecule has 0 spiro atoms. The van der Waals surface area contributed by atoms with Crippen LogP contribution in [0.5, 0.6) is 0 Å². The van der Waals surface area contributed by atoms with Crippen LogP contribution in [0.1, 0.15) is 17.7 Å². The van der Waals surface area contributed by atoms with Gasteiger partial charge in [0.1, 0.15) is 0 Å². The van der Waals surface area contributed by atoms with Crippen LogP contribution in [0.25, 0.3) is 0 Å². The second-order valence-corrected chi connectivity index (χ2v) is 5.97. The van der Waals surface area contributed by atoms with E-state index in [2.05, 4.69) is 21.2 Å². The van der Waals surface area contributed by atoms with Crippen LogP contribution in [0.15, 0.2) is 15.9 Å². The molecule has 1 aromatic heterocycles. The van der Waals surface area contributed by atoms with Crippen molar-refractivity contribution in [2.24, 2.45) is 0 Å². The van der Waals surface area contributed by atoms with E-state index >= 15 is 0 Å². The van der Waals surface area contributed by atoms with Gasteiger partial charge in [-0.25, -0.2) is 0 Å². The summed E-state index contributed by atoms with van der Waals surface area (Å²) in [5.41, 5.74) is 0. The first-order chi connectivity index (χ1) is 7.47. The van der Waals surface area contributed by atoms with Gasteiger partial charge in [-0.2, -0.15) is 13.2 Å². The summed E-state index contributed by atoms with van der Waals surface area (Å²) in [7, 11) is 0. The van der Waals surface area contributed by atoms with Crippen molar-refractivity contribution in [3.8, 4) is 0 Å². The second-order valence-electron chi connectivity index (χ2n) is 3.42. The van der Waals surface area contributed by atoms with E-state index in [1.807, 2.05) is 12.1 Å². The molecule has 6 heteroatoms. The predicted molar refractivity (Wildman–Crippen MR) is 63.9 cm³/mol. The van der Waals surface area contributed by atoms with Gasteiger partial charge in [0.2, 0.25) is 0 Å². The molecule has 0 radical (unpaired) electrons. The Balaban J connectivity index is 2.00. The number of hydrogen-bond donors (Lipinski definition) is 1. The number of rotatable bonds is 6. The van der Waals surface area contributed by atoms with Gasteiger partial charge < -0.3 is 5.32 Å². The van der Waals surface area contributed by atoms with Gasteiger partial charge in [0, 0.05) is 11.3 Å². The number of alkyl halides is 3. The molecule has 1 rings (SSSR count). The van der Waals surface area contributed by atoms with Gasteiger partial charge in [-0.1, -0.05) is 0 Å². The molecule has 0 unspecified atom stereocenters. The zero-order valence-corrected chi connectivity index (χ0v) is 11.0. The van der Waals surface area contributed by atoms with Crippen LogP contribution in [0.2, 0.25) is 0 Å². The highest BCUT2D eigenvalue weighted by molar-refractivity contribution is 9.11. The maximum Gasteiger partial charge on any atom is 0.389 e. The van der Waals surface area contributed by atoms with E-state index in [-0.39, 0.29) is 6.42 Å². The Hall–Kier alpha value is -0.0700. The standard InChI is InChI=1S/C10H13BrF3NS/c11-9-3-2-8(16-9)4-7-15-6-1-5-10(12,13)14/h2-3,15H,1,4-7H2. The topological polar surface area (TPSA) is 12.0 Å². The van der Waals surface area contributed by atoms with Gasteiger partial charge >= 0.3 is 6.18 Å². The molecular weight excluding hydrogens is 303 g/mol. The highest BCUT2D eigenvalue weighted by Crippen LogP contribution is 2.22. The first-order valence-corrected chi connectivity index (χ1v) is 6.60. The van der Waals surface area contributed by atoms with Crippen molar-refractivity contribution in [2.75, 3.05) is 13.1 Å². The third-order valence-corrected chi connectivity index (χ3v) is 3.67. The normalized spacial score (nSPS) is 12.0. The summed E-state index contributed by atoms with van der Waals surface area (Å²) >= 11 is 5.01. The maximum absolute atomic E-state index is 11.8. The minimum atomic E-state index is -4.03. The van der Waals surface area contributed by atoms with Crippen molar-refractivity contribution in [3.05, 3.63) is 20.8 Å². The van der Waals surface area contributed by atoms with Crippen molar-refractivity contribution in [3.63, 3.8) is 0 Å². The molecule has 0 saturated heterocycles. The van der Waals surface area contributed by atoms with E-state index in [9.17, 15) is 13.2 Å². The molecule has 1 heterocycles. The molecule has 0 amide bonds. The number of thiophene rings is 1. The van der Waals surface area contributed by atoms with E-state index in [1.54, 1.807) is 11.3 Å². The molecule has 0 bridgehead atoms. The lowest BCUT2D eigenvalue weighted by Crippen LogP contribution is -2.20. The van der Waals surface area contributed by atoms with Crippen LogP contribution in [0, 0.1) is 0 Å². The Bertz CT molecular complexity index is 311. The monoisotopic (exact) mass is 315 g/mol. The van der Waals surface area contributed by atoms with Crippen LogP contribution in [-0.2, 0) is 6.42 Å². The highest BCUT2D eigenvalue weighted by Gasteiger charge is 2.25. The van der Waals surface area contributed by atoms with Crippen molar-refractivity contribution >= 4 is 27.3 Å². The Kier molecular flexibility index (Phi) is 5.78. The molecule has 1 nitrogen and oxygen atoms in total. The van der Waals surface area contributed by atoms with Crippen LogP contribution in [0.4, 0.5) is 13.2 Å². The third-order valence-electron chi connectivity index (χ3n) is 1.99. The van der Waals surface area contributed by atoms with Gasteiger partial charge in [0.05, 0.1) is 3.79 Å². The smallest absolute Gasteiger partial charge is 0.316 e. The molecular formula is C10H13BrF3NS. The molecule has 0 aliphatic carbocycles. The van der Waals surface area contributed by atoms with E-state index < -0.39 is 12.6 Å². The van der Waals surface area contributed by atoms with E-state index in [0.717, 1.165) is 16.8 Å². The first kappa shape index (κ1) is 14.0. The van der Waals surface area contributed by atoms with Gasteiger partial charge in [0.15, 0.2) is 0 Å². The molecule has 0 atom stereocenters. The van der Waals surface area contributed by atoms with Crippen molar-refractivity contribution in [2.45, 2.75) is 25.4 Å². The Labute approximate surface area is 105 Å². The lowest BCUT2D eigenvalue weighted by Gasteiger charge is -2.06. The molecule has 0 aliphatic rings. The average Bonchev–Trinajstić information content (AvgIpc) is 2.56. The van der Waals surface area contributed by atoms with E-state index in [4.69, 9.17) is 0 Å². The zero-order chi connectivity index (χ0) is 12.0. The number of halogens is 4. The lowest BCUT2D eigenvalue weighted by molar-refractivity contribution is -0.135. The van der Waals surface area contributed by atoms with E-state index in [1.165, 1.54) is 4.88 Å². The van der Waals surface area contributed by atoms with Gasteiger partial charge in [-0.3, -0.25) is 0 Å². The minimum absolute atomic E-state index is 0.150.